The molecule has 256 valence electrons. The maximum Gasteiger partial charge on any atom is 0.0468 e. The molecule has 0 saturated heterocycles. The second-order valence-electron chi connectivity index (χ2n) is 13.4. The molecule has 0 aliphatic rings. The highest BCUT2D eigenvalue weighted by Crippen LogP contribution is 2.42. The molecule has 2 nitrogen and oxygen atoms in total. The van der Waals surface area contributed by atoms with Crippen molar-refractivity contribution in [3.05, 3.63) is 205 Å². The van der Waals surface area contributed by atoms with Gasteiger partial charge in [0.25, 0.3) is 0 Å². The topological polar surface area (TPSA) is 6.48 Å². The number of benzene rings is 8. The van der Waals surface area contributed by atoms with Gasteiger partial charge in [0.05, 0.1) is 0 Å². The quantitative estimate of drug-likeness (QED) is 0.144. The molecule has 10 aromatic rings. The largest absolute Gasteiger partial charge is 0.310 e. The summed E-state index contributed by atoms with van der Waals surface area (Å²) < 4.78 is 5.19. The Kier molecular flexibility index (Phi) is 8.25. The molecular weight excluding hydrogens is 693 g/mol. The second kappa shape index (κ2) is 13.8. The van der Waals surface area contributed by atoms with Crippen LogP contribution in [-0.2, 0) is 0 Å². The van der Waals surface area contributed by atoms with E-state index >= 15 is 0 Å². The lowest BCUT2D eigenvalue weighted by atomic mass is 10.1. The molecule has 0 saturated carbocycles. The molecule has 0 bridgehead atoms. The highest BCUT2D eigenvalue weighted by Gasteiger charge is 2.16. The first-order chi connectivity index (χ1) is 26.7. The van der Waals surface area contributed by atoms with E-state index in [-0.39, 0.29) is 0 Å². The minimum atomic E-state index is 1.14. The van der Waals surface area contributed by atoms with E-state index in [9.17, 15) is 0 Å². The van der Waals surface area contributed by atoms with Crippen LogP contribution < -0.4 is 9.80 Å². The molecule has 0 amide bonds. The van der Waals surface area contributed by atoms with Gasteiger partial charge in [-0.25, -0.2) is 0 Å². The number of anilines is 6. The second-order valence-corrected chi connectivity index (χ2v) is 15.6. The lowest BCUT2D eigenvalue weighted by Crippen LogP contribution is -2.09. The van der Waals surface area contributed by atoms with Crippen molar-refractivity contribution in [2.45, 2.75) is 0 Å². The van der Waals surface area contributed by atoms with E-state index in [1.807, 2.05) is 22.7 Å². The van der Waals surface area contributed by atoms with Crippen LogP contribution in [0.2, 0.25) is 0 Å². The zero-order valence-corrected chi connectivity index (χ0v) is 31.0. The van der Waals surface area contributed by atoms with Gasteiger partial charge in [-0.3, -0.25) is 0 Å². The summed E-state index contributed by atoms with van der Waals surface area (Å²) in [6.45, 7) is 0. The molecule has 0 radical (unpaired) electrons. The van der Waals surface area contributed by atoms with Crippen LogP contribution in [0.3, 0.4) is 0 Å². The van der Waals surface area contributed by atoms with Crippen LogP contribution in [0.15, 0.2) is 194 Å². The van der Waals surface area contributed by atoms with Gasteiger partial charge in [-0.05, 0) is 120 Å². The molecule has 0 aliphatic heterocycles. The number of thiophene rings is 2. The van der Waals surface area contributed by atoms with Crippen molar-refractivity contribution < 1.29 is 0 Å². The van der Waals surface area contributed by atoms with E-state index in [2.05, 4.69) is 216 Å². The van der Waals surface area contributed by atoms with Gasteiger partial charge in [0.2, 0.25) is 0 Å². The minimum Gasteiger partial charge on any atom is -0.310 e. The van der Waals surface area contributed by atoms with E-state index in [0.717, 1.165) is 34.1 Å². The normalized spacial score (nSPS) is 11.6. The van der Waals surface area contributed by atoms with Gasteiger partial charge in [0, 0.05) is 74.5 Å². The van der Waals surface area contributed by atoms with Gasteiger partial charge >= 0.3 is 0 Å². The summed E-state index contributed by atoms with van der Waals surface area (Å²) in [5.74, 6) is 0. The Morgan fingerprint density at radius 2 is 0.574 bits per heavy atom. The van der Waals surface area contributed by atoms with Crippen molar-refractivity contribution in [2.75, 3.05) is 9.80 Å². The fourth-order valence-corrected chi connectivity index (χ4v) is 9.58. The number of hydrogen-bond acceptors (Lipinski definition) is 4. The third kappa shape index (κ3) is 6.02. The monoisotopic (exact) mass is 726 g/mol. The first-order valence-electron chi connectivity index (χ1n) is 18.2. The number of hydrogen-bond donors (Lipinski definition) is 0. The van der Waals surface area contributed by atoms with Crippen LogP contribution in [0.4, 0.5) is 34.1 Å². The number of rotatable bonds is 8. The summed E-state index contributed by atoms with van der Waals surface area (Å²) in [4.78, 5) is 4.67. The summed E-state index contributed by atoms with van der Waals surface area (Å²) in [5, 5.41) is 5.13. The van der Waals surface area contributed by atoms with Crippen LogP contribution >= 0.6 is 22.7 Å². The maximum atomic E-state index is 2.35. The molecule has 2 aromatic heterocycles. The summed E-state index contributed by atoms with van der Waals surface area (Å²) in [5.41, 5.74) is 9.24. The van der Waals surface area contributed by atoms with E-state index < -0.39 is 0 Å². The molecule has 0 unspecified atom stereocenters. The molecular formula is C50H34N2S2. The van der Waals surface area contributed by atoms with Crippen LogP contribution in [0, 0.1) is 0 Å². The smallest absolute Gasteiger partial charge is 0.0468 e. The van der Waals surface area contributed by atoms with Crippen molar-refractivity contribution in [1.29, 1.82) is 0 Å². The molecule has 4 heteroatoms. The molecule has 2 heterocycles. The zero-order valence-electron chi connectivity index (χ0n) is 29.3. The fraction of sp³-hybridized carbons (Fsp3) is 0. The fourth-order valence-electron chi connectivity index (χ4n) is 7.45. The lowest BCUT2D eigenvalue weighted by Gasteiger charge is -2.25. The van der Waals surface area contributed by atoms with Crippen LogP contribution in [-0.4, -0.2) is 0 Å². The summed E-state index contributed by atoms with van der Waals surface area (Å²) >= 11 is 3.71. The predicted molar refractivity (Wildman–Crippen MR) is 237 cm³/mol. The highest BCUT2D eigenvalue weighted by atomic mass is 32.1. The Hall–Kier alpha value is -6.46. The van der Waals surface area contributed by atoms with Gasteiger partial charge in [0.15, 0.2) is 0 Å². The zero-order chi connectivity index (χ0) is 35.8. The van der Waals surface area contributed by atoms with E-state index in [0.29, 0.717) is 0 Å². The maximum absolute atomic E-state index is 2.35. The van der Waals surface area contributed by atoms with Gasteiger partial charge in [-0.2, -0.15) is 0 Å². The van der Waals surface area contributed by atoms with E-state index in [1.54, 1.807) is 0 Å². The number of para-hydroxylation sites is 4. The Labute approximate surface area is 322 Å². The van der Waals surface area contributed by atoms with Crippen molar-refractivity contribution >= 4 is 109 Å². The van der Waals surface area contributed by atoms with E-state index in [1.165, 1.54) is 51.5 Å². The molecule has 10 rings (SSSR count). The standard InChI is InChI=1S/C50H34N2S2/c1-5-13-37(14-6-1)51(38-15-7-2-8-16-38)41-25-29-49-45(33-41)43-31-35(23-27-47(43)53-49)21-22-36-24-28-48-44(32-36)46-34-42(26-30-50(46)54-48)52(39-17-9-3-10-18-39)40-19-11-4-12-20-40/h1-34H. The Morgan fingerprint density at radius 3 is 0.907 bits per heavy atom. The van der Waals surface area contributed by atoms with E-state index in [4.69, 9.17) is 0 Å². The van der Waals surface area contributed by atoms with Crippen molar-refractivity contribution in [3.63, 3.8) is 0 Å². The molecule has 8 aromatic carbocycles. The van der Waals surface area contributed by atoms with Crippen molar-refractivity contribution in [1.82, 2.24) is 0 Å². The SMILES string of the molecule is C(=Cc1ccc2sc3ccc(N(c4ccccc4)c4ccccc4)cc3c2c1)c1ccc2sc3ccc(N(c4ccccc4)c4ccccc4)cc3c2c1. The predicted octanol–water partition coefficient (Wildman–Crippen LogP) is 15.5. The molecule has 0 atom stereocenters. The molecule has 54 heavy (non-hydrogen) atoms. The number of fused-ring (bicyclic) bond motifs is 6. The summed E-state index contributed by atoms with van der Waals surface area (Å²) in [7, 11) is 0. The molecule has 0 spiro atoms. The Morgan fingerprint density at radius 1 is 0.278 bits per heavy atom. The van der Waals surface area contributed by atoms with Crippen LogP contribution in [0.1, 0.15) is 11.1 Å². The Balaban J connectivity index is 1.01. The summed E-state index contributed by atoms with van der Waals surface area (Å²) in [6, 6.07) is 69.9. The van der Waals surface area contributed by atoms with Gasteiger partial charge < -0.3 is 9.80 Å². The van der Waals surface area contributed by atoms with Crippen molar-refractivity contribution in [3.8, 4) is 0 Å². The van der Waals surface area contributed by atoms with Gasteiger partial charge in [-0.15, -0.1) is 22.7 Å². The highest BCUT2D eigenvalue weighted by molar-refractivity contribution is 7.26. The molecule has 0 N–H and O–H groups in total. The van der Waals surface area contributed by atoms with Gasteiger partial charge in [0.1, 0.15) is 0 Å². The van der Waals surface area contributed by atoms with Crippen molar-refractivity contribution in [2.24, 2.45) is 0 Å². The first kappa shape index (κ1) is 32.2. The molecule has 0 aliphatic carbocycles. The minimum absolute atomic E-state index is 1.14. The van der Waals surface area contributed by atoms with Crippen LogP contribution in [0.5, 0.6) is 0 Å². The third-order valence-electron chi connectivity index (χ3n) is 10.00. The lowest BCUT2D eigenvalue weighted by molar-refractivity contribution is 1.29. The summed E-state index contributed by atoms with van der Waals surface area (Å²) in [6.07, 6.45) is 4.50. The first-order valence-corrected chi connectivity index (χ1v) is 19.8. The molecule has 0 fully saturated rings. The van der Waals surface area contributed by atoms with Crippen LogP contribution in [0.25, 0.3) is 52.5 Å². The number of nitrogens with zero attached hydrogens (tertiary/aromatic N) is 2. The average molecular weight is 727 g/mol. The average Bonchev–Trinajstić information content (AvgIpc) is 3.79. The van der Waals surface area contributed by atoms with Gasteiger partial charge in [-0.1, -0.05) is 97.1 Å². The third-order valence-corrected chi connectivity index (χ3v) is 12.3. The Bertz CT molecular complexity index is 2650.